The van der Waals surface area contributed by atoms with E-state index in [1.54, 1.807) is 0 Å². The summed E-state index contributed by atoms with van der Waals surface area (Å²) in [7, 11) is 2.02. The third-order valence-electron chi connectivity index (χ3n) is 4.24. The van der Waals surface area contributed by atoms with Crippen molar-refractivity contribution in [2.24, 2.45) is 7.05 Å². The second kappa shape index (κ2) is 6.26. The van der Waals surface area contributed by atoms with E-state index in [1.807, 2.05) is 30.2 Å². The van der Waals surface area contributed by atoms with Gasteiger partial charge < -0.3 is 4.57 Å². The van der Waals surface area contributed by atoms with Gasteiger partial charge in [0.2, 0.25) is 0 Å². The first-order chi connectivity index (χ1) is 10.7. The molecule has 0 aliphatic heterocycles. The van der Waals surface area contributed by atoms with Crippen LogP contribution in [0.3, 0.4) is 0 Å². The van der Waals surface area contributed by atoms with E-state index in [1.165, 1.54) is 11.1 Å². The molecule has 0 spiro atoms. The van der Waals surface area contributed by atoms with Crippen LogP contribution in [-0.2, 0) is 19.9 Å². The fourth-order valence-electron chi connectivity index (χ4n) is 2.73. The van der Waals surface area contributed by atoms with Gasteiger partial charge in [-0.2, -0.15) is 0 Å². The van der Waals surface area contributed by atoms with E-state index < -0.39 is 0 Å². The number of hydrogen-bond donors (Lipinski definition) is 0. The van der Waals surface area contributed by atoms with Crippen molar-refractivity contribution in [3.63, 3.8) is 0 Å². The Morgan fingerprint density at radius 3 is 2.86 bits per heavy atom. The minimum atomic E-state index is 0.472. The van der Waals surface area contributed by atoms with Crippen molar-refractivity contribution in [2.75, 3.05) is 0 Å². The maximum Gasteiger partial charge on any atom is 0.128 e. The summed E-state index contributed by atoms with van der Waals surface area (Å²) in [5.74, 6) is 1.42. The van der Waals surface area contributed by atoms with Crippen LogP contribution in [0.25, 0.3) is 11.0 Å². The summed E-state index contributed by atoms with van der Waals surface area (Å²) in [4.78, 5) is 13.4. The number of imidazole rings is 1. The highest BCUT2D eigenvalue weighted by Gasteiger charge is 2.09. The highest BCUT2D eigenvalue weighted by molar-refractivity contribution is 5.76. The fraction of sp³-hybridized carbons (Fsp3) is 0.389. The van der Waals surface area contributed by atoms with Crippen molar-refractivity contribution < 1.29 is 0 Å². The van der Waals surface area contributed by atoms with Crippen molar-refractivity contribution >= 4 is 11.0 Å². The molecule has 3 rings (SSSR count). The number of aromatic nitrogens is 4. The van der Waals surface area contributed by atoms with Crippen molar-refractivity contribution in [3.8, 4) is 0 Å². The Kier molecular flexibility index (Phi) is 4.18. The summed E-state index contributed by atoms with van der Waals surface area (Å²) in [6.45, 7) is 4.38. The monoisotopic (exact) mass is 294 g/mol. The molecule has 4 heteroatoms. The van der Waals surface area contributed by atoms with Gasteiger partial charge in [-0.25, -0.2) is 15.0 Å². The van der Waals surface area contributed by atoms with Crippen LogP contribution in [0, 0.1) is 0 Å². The number of aryl methyl sites for hydroxylation is 3. The van der Waals surface area contributed by atoms with Crippen LogP contribution in [0.2, 0.25) is 0 Å². The van der Waals surface area contributed by atoms with Gasteiger partial charge in [0.25, 0.3) is 0 Å². The van der Waals surface area contributed by atoms with E-state index >= 15 is 0 Å². The largest absolute Gasteiger partial charge is 0.334 e. The van der Waals surface area contributed by atoms with Crippen molar-refractivity contribution in [1.29, 1.82) is 0 Å². The first-order valence-electron chi connectivity index (χ1n) is 7.89. The molecule has 2 aromatic heterocycles. The number of rotatable bonds is 5. The predicted octanol–water partition coefficient (Wildman–Crippen LogP) is 3.66. The van der Waals surface area contributed by atoms with E-state index in [0.717, 1.165) is 36.3 Å². The van der Waals surface area contributed by atoms with Crippen LogP contribution in [0.15, 0.2) is 36.8 Å². The number of nitrogens with zero attached hydrogens (tertiary/aromatic N) is 4. The molecule has 3 aromatic rings. The molecule has 0 aliphatic rings. The Labute approximate surface area is 131 Å². The average Bonchev–Trinajstić information content (AvgIpc) is 2.93. The minimum Gasteiger partial charge on any atom is -0.334 e. The fourth-order valence-corrected chi connectivity index (χ4v) is 2.73. The smallest absolute Gasteiger partial charge is 0.128 e. The Morgan fingerprint density at radius 1 is 1.18 bits per heavy atom. The van der Waals surface area contributed by atoms with Crippen LogP contribution in [0.1, 0.15) is 43.3 Å². The van der Waals surface area contributed by atoms with Gasteiger partial charge >= 0.3 is 0 Å². The van der Waals surface area contributed by atoms with Crippen molar-refractivity contribution in [2.45, 2.75) is 39.0 Å². The van der Waals surface area contributed by atoms with Gasteiger partial charge in [-0.3, -0.25) is 0 Å². The van der Waals surface area contributed by atoms with Crippen molar-refractivity contribution in [1.82, 2.24) is 19.5 Å². The molecule has 0 aliphatic carbocycles. The van der Waals surface area contributed by atoms with Crippen LogP contribution >= 0.6 is 0 Å². The van der Waals surface area contributed by atoms with Gasteiger partial charge in [0, 0.05) is 25.4 Å². The van der Waals surface area contributed by atoms with Gasteiger partial charge in [-0.1, -0.05) is 19.9 Å². The number of hydrogen-bond acceptors (Lipinski definition) is 3. The minimum absolute atomic E-state index is 0.472. The summed E-state index contributed by atoms with van der Waals surface area (Å²) >= 11 is 0. The van der Waals surface area contributed by atoms with Gasteiger partial charge in [0.1, 0.15) is 5.82 Å². The molecule has 114 valence electrons. The molecule has 1 aromatic carbocycles. The maximum atomic E-state index is 4.58. The lowest BCUT2D eigenvalue weighted by molar-refractivity contribution is 0.656. The zero-order valence-corrected chi connectivity index (χ0v) is 13.5. The first kappa shape index (κ1) is 14.7. The topological polar surface area (TPSA) is 43.6 Å². The Hall–Kier alpha value is -2.23. The Bertz CT molecular complexity index is 776. The number of benzene rings is 1. The summed E-state index contributed by atoms with van der Waals surface area (Å²) in [5, 5.41) is 0. The van der Waals surface area contributed by atoms with E-state index in [4.69, 9.17) is 0 Å². The van der Waals surface area contributed by atoms with Crippen LogP contribution in [0.4, 0.5) is 0 Å². The highest BCUT2D eigenvalue weighted by atomic mass is 15.0. The van der Waals surface area contributed by atoms with Crippen LogP contribution in [-0.4, -0.2) is 19.5 Å². The maximum absolute atomic E-state index is 4.58. The van der Waals surface area contributed by atoms with E-state index in [-0.39, 0.29) is 0 Å². The average molecular weight is 294 g/mol. The molecule has 0 saturated heterocycles. The molecule has 0 fully saturated rings. The van der Waals surface area contributed by atoms with Crippen LogP contribution in [0.5, 0.6) is 0 Å². The molecule has 4 nitrogen and oxygen atoms in total. The molecule has 1 atom stereocenters. The van der Waals surface area contributed by atoms with Gasteiger partial charge in [0.15, 0.2) is 0 Å². The lowest BCUT2D eigenvalue weighted by atomic mass is 9.95. The zero-order chi connectivity index (χ0) is 15.5. The lowest BCUT2D eigenvalue weighted by Gasteiger charge is -2.11. The quantitative estimate of drug-likeness (QED) is 0.721. The van der Waals surface area contributed by atoms with Gasteiger partial charge in [-0.05, 0) is 42.5 Å². The lowest BCUT2D eigenvalue weighted by Crippen LogP contribution is -2.02. The molecule has 22 heavy (non-hydrogen) atoms. The summed E-state index contributed by atoms with van der Waals surface area (Å²) in [5.41, 5.74) is 4.69. The molecule has 0 bridgehead atoms. The second-order valence-corrected chi connectivity index (χ2v) is 5.86. The molecule has 0 amide bonds. The standard InChI is InChI=1S/C18H22N4/c1-4-15-9-10-19-18(21-15)8-5-13(2)14-6-7-17-16(11-14)20-12-22(17)3/h6-7,9-13H,4-5,8H2,1-3H3. The highest BCUT2D eigenvalue weighted by Crippen LogP contribution is 2.24. The Morgan fingerprint density at radius 2 is 2.05 bits per heavy atom. The SMILES string of the molecule is CCc1ccnc(CCC(C)c2ccc3c(c2)ncn3C)n1. The summed E-state index contributed by atoms with van der Waals surface area (Å²) in [6, 6.07) is 8.55. The summed E-state index contributed by atoms with van der Waals surface area (Å²) < 4.78 is 2.05. The molecule has 0 saturated carbocycles. The molecule has 0 radical (unpaired) electrons. The van der Waals surface area contributed by atoms with Crippen molar-refractivity contribution in [3.05, 3.63) is 53.9 Å². The van der Waals surface area contributed by atoms with Crippen LogP contribution < -0.4 is 0 Å². The predicted molar refractivity (Wildman–Crippen MR) is 88.9 cm³/mol. The van der Waals surface area contributed by atoms with Gasteiger partial charge in [0.05, 0.1) is 17.4 Å². The van der Waals surface area contributed by atoms with E-state index in [2.05, 4.69) is 47.0 Å². The molecule has 1 unspecified atom stereocenters. The third kappa shape index (κ3) is 3.01. The number of fused-ring (bicyclic) bond motifs is 1. The third-order valence-corrected chi connectivity index (χ3v) is 4.24. The van der Waals surface area contributed by atoms with Gasteiger partial charge in [-0.15, -0.1) is 0 Å². The Balaban J connectivity index is 1.71. The normalized spacial score (nSPS) is 12.7. The molecule has 0 N–H and O–H groups in total. The second-order valence-electron chi connectivity index (χ2n) is 5.86. The van der Waals surface area contributed by atoms with E-state index in [0.29, 0.717) is 5.92 Å². The molecule has 2 heterocycles. The summed E-state index contributed by atoms with van der Waals surface area (Å²) in [6.07, 6.45) is 6.65. The first-order valence-corrected chi connectivity index (χ1v) is 7.89. The molecular weight excluding hydrogens is 272 g/mol. The molecular formula is C18H22N4. The van der Waals surface area contributed by atoms with E-state index in [9.17, 15) is 0 Å². The zero-order valence-electron chi connectivity index (χ0n) is 13.5.